The molecule has 13 nitrogen and oxygen atoms in total. The molecule has 0 aliphatic carbocycles. The van der Waals surface area contributed by atoms with Gasteiger partial charge in [-0.3, -0.25) is 9.59 Å². The van der Waals surface area contributed by atoms with Crippen LogP contribution in [-0.4, -0.2) is 82.6 Å². The Bertz CT molecular complexity index is 1400. The molecule has 4 atom stereocenters. The van der Waals surface area contributed by atoms with Gasteiger partial charge in [-0.1, -0.05) is 60.7 Å². The molecule has 45 heavy (non-hydrogen) atoms. The zero-order valence-electron chi connectivity index (χ0n) is 25.8. The number of alkyl carbamates (subject to hydrolysis) is 2. The Hall–Kier alpha value is -4.94. The molecule has 0 bridgehead atoms. The Morgan fingerprint density at radius 2 is 1.62 bits per heavy atom. The summed E-state index contributed by atoms with van der Waals surface area (Å²) in [6, 6.07) is 14.2. The predicted molar refractivity (Wildman–Crippen MR) is 163 cm³/mol. The van der Waals surface area contributed by atoms with Gasteiger partial charge in [0.05, 0.1) is 12.1 Å². The largest absolute Gasteiger partial charge is 0.447 e. The second-order valence-electron chi connectivity index (χ2n) is 11.8. The van der Waals surface area contributed by atoms with Crippen molar-refractivity contribution in [2.45, 2.75) is 83.3 Å². The Kier molecular flexibility index (Phi) is 10.8. The van der Waals surface area contributed by atoms with E-state index in [4.69, 9.17) is 14.2 Å². The summed E-state index contributed by atoms with van der Waals surface area (Å²) in [5.41, 5.74) is 0.790. The van der Waals surface area contributed by atoms with E-state index in [1.165, 1.54) is 13.1 Å². The molecular weight excluding hydrogens is 582 g/mol. The van der Waals surface area contributed by atoms with Crippen LogP contribution < -0.4 is 10.6 Å². The number of carbonyl (C=O) groups is 5. The molecule has 13 heteroatoms. The zero-order valence-corrected chi connectivity index (χ0v) is 25.8. The van der Waals surface area contributed by atoms with Gasteiger partial charge in [-0.15, -0.1) is 0 Å². The van der Waals surface area contributed by atoms with E-state index in [0.29, 0.717) is 12.8 Å². The molecule has 5 amide bonds. The van der Waals surface area contributed by atoms with E-state index in [0.717, 1.165) is 21.0 Å². The van der Waals surface area contributed by atoms with Crippen molar-refractivity contribution in [1.82, 2.24) is 20.5 Å². The summed E-state index contributed by atoms with van der Waals surface area (Å²) >= 11 is 0. The van der Waals surface area contributed by atoms with E-state index < -0.39 is 59.9 Å². The summed E-state index contributed by atoms with van der Waals surface area (Å²) in [4.78, 5) is 67.2. The van der Waals surface area contributed by atoms with Crippen molar-refractivity contribution in [1.29, 1.82) is 0 Å². The summed E-state index contributed by atoms with van der Waals surface area (Å²) < 4.78 is 15.9. The molecule has 240 valence electrons. The van der Waals surface area contributed by atoms with Crippen LogP contribution in [0.25, 0.3) is 0 Å². The third-order valence-corrected chi connectivity index (χ3v) is 7.09. The van der Waals surface area contributed by atoms with Gasteiger partial charge in [0.1, 0.15) is 30.9 Å². The third kappa shape index (κ3) is 9.03. The second kappa shape index (κ2) is 14.7. The molecule has 0 spiro atoms. The van der Waals surface area contributed by atoms with E-state index >= 15 is 0 Å². The quantitative estimate of drug-likeness (QED) is 0.401. The highest BCUT2D eigenvalue weighted by Crippen LogP contribution is 2.24. The van der Waals surface area contributed by atoms with E-state index in [9.17, 15) is 24.0 Å². The minimum absolute atomic E-state index is 0.0122. The van der Waals surface area contributed by atoms with Gasteiger partial charge in [-0.2, -0.15) is 5.10 Å². The van der Waals surface area contributed by atoms with Gasteiger partial charge in [0.2, 0.25) is 0 Å². The standard InChI is InChI=1S/C32H39N5O8/c1-21(34-29(40)43-19-23-14-9-6-10-15-23)26(35-30(41)45-32(2,3)4)28(39)37-25(16-11-17-33-37)27(38)36-24(20-44-31(36)42)18-22-12-7-5-8-13-22/h5-10,12-15,17,21,24-26H,11,16,18-20H2,1-4H3,(H,34,40)(H,35,41)/t21-,24-,25-,26-/m0/s1. The number of hydrazone groups is 1. The normalized spacial score (nSPS) is 19.2. The lowest BCUT2D eigenvalue weighted by atomic mass is 10.0. The van der Waals surface area contributed by atoms with Gasteiger partial charge >= 0.3 is 18.3 Å². The lowest BCUT2D eigenvalue weighted by Gasteiger charge is -2.35. The number of nitrogens with one attached hydrogen (secondary N) is 2. The van der Waals surface area contributed by atoms with Crippen LogP contribution in [0.3, 0.4) is 0 Å². The van der Waals surface area contributed by atoms with Crippen molar-refractivity contribution in [2.24, 2.45) is 5.10 Å². The summed E-state index contributed by atoms with van der Waals surface area (Å²) in [5, 5.41) is 10.2. The van der Waals surface area contributed by atoms with E-state index in [1.54, 1.807) is 45.0 Å². The summed E-state index contributed by atoms with van der Waals surface area (Å²) in [5.74, 6) is -1.44. The number of rotatable bonds is 9. The molecule has 0 aromatic heterocycles. The topological polar surface area (TPSA) is 156 Å². The fraction of sp³-hybridized carbons (Fsp3) is 0.438. The lowest BCUT2D eigenvalue weighted by molar-refractivity contribution is -0.147. The van der Waals surface area contributed by atoms with E-state index in [-0.39, 0.29) is 19.6 Å². The first-order chi connectivity index (χ1) is 21.4. The first-order valence-corrected chi connectivity index (χ1v) is 14.8. The monoisotopic (exact) mass is 621 g/mol. The van der Waals surface area contributed by atoms with Gasteiger partial charge < -0.3 is 24.8 Å². The SMILES string of the molecule is C[C@H](NC(=O)OCc1ccccc1)[C@H](NC(=O)OC(C)(C)C)C(=O)N1N=CCC[C@H]1C(=O)N1C(=O)OC[C@@H]1Cc1ccccc1. The van der Waals surface area contributed by atoms with Crippen LogP contribution in [0.2, 0.25) is 0 Å². The van der Waals surface area contributed by atoms with E-state index in [2.05, 4.69) is 15.7 Å². The van der Waals surface area contributed by atoms with Crippen LogP contribution in [0.1, 0.15) is 51.7 Å². The summed E-state index contributed by atoms with van der Waals surface area (Å²) in [6.07, 6.45) is -0.149. The minimum Gasteiger partial charge on any atom is -0.447 e. The van der Waals surface area contributed by atoms with Crippen molar-refractivity contribution < 1.29 is 38.2 Å². The predicted octanol–water partition coefficient (Wildman–Crippen LogP) is 3.76. The van der Waals surface area contributed by atoms with Crippen LogP contribution in [0.4, 0.5) is 14.4 Å². The number of ether oxygens (including phenoxy) is 3. The molecule has 0 saturated carbocycles. The number of imide groups is 1. The molecule has 0 unspecified atom stereocenters. The molecule has 4 rings (SSSR count). The molecule has 2 aliphatic rings. The molecule has 2 aliphatic heterocycles. The molecular formula is C32H39N5O8. The highest BCUT2D eigenvalue weighted by Gasteiger charge is 2.46. The van der Waals surface area contributed by atoms with Crippen LogP contribution >= 0.6 is 0 Å². The number of hydrogen-bond acceptors (Lipinski definition) is 9. The number of hydrogen-bond donors (Lipinski definition) is 2. The Balaban J connectivity index is 1.52. The second-order valence-corrected chi connectivity index (χ2v) is 11.8. The summed E-state index contributed by atoms with van der Waals surface area (Å²) in [6.45, 7) is 6.49. The fourth-order valence-corrected chi connectivity index (χ4v) is 4.96. The Labute approximate surface area is 261 Å². The Morgan fingerprint density at radius 1 is 0.978 bits per heavy atom. The first-order valence-electron chi connectivity index (χ1n) is 14.8. The zero-order chi connectivity index (χ0) is 32.6. The smallest absolute Gasteiger partial charge is 0.417 e. The third-order valence-electron chi connectivity index (χ3n) is 7.09. The van der Waals surface area contributed by atoms with Crippen LogP contribution in [0.15, 0.2) is 65.8 Å². The number of benzene rings is 2. The maximum atomic E-state index is 14.0. The molecule has 2 N–H and O–H groups in total. The average molecular weight is 622 g/mol. The minimum atomic E-state index is -1.42. The molecule has 2 heterocycles. The van der Waals surface area contributed by atoms with Crippen LogP contribution in [0.5, 0.6) is 0 Å². The van der Waals surface area contributed by atoms with Crippen molar-refractivity contribution in [3.8, 4) is 0 Å². The molecule has 0 radical (unpaired) electrons. The van der Waals surface area contributed by atoms with Gasteiger partial charge in [-0.05, 0) is 58.1 Å². The molecule has 2 aromatic rings. The molecule has 1 saturated heterocycles. The van der Waals surface area contributed by atoms with Crippen molar-refractivity contribution in [3.63, 3.8) is 0 Å². The fourth-order valence-electron chi connectivity index (χ4n) is 4.96. The number of cyclic esters (lactones) is 1. The van der Waals surface area contributed by atoms with Crippen LogP contribution in [-0.2, 0) is 36.8 Å². The first kappa shape index (κ1) is 33.0. The van der Waals surface area contributed by atoms with Crippen molar-refractivity contribution in [2.75, 3.05) is 6.61 Å². The number of carbonyl (C=O) groups excluding carboxylic acids is 5. The number of amides is 5. The lowest BCUT2D eigenvalue weighted by Crippen LogP contribution is -2.61. The maximum absolute atomic E-state index is 14.0. The summed E-state index contributed by atoms with van der Waals surface area (Å²) in [7, 11) is 0. The van der Waals surface area contributed by atoms with Gasteiger partial charge in [0, 0.05) is 6.21 Å². The average Bonchev–Trinajstić information content (AvgIpc) is 3.37. The van der Waals surface area contributed by atoms with Gasteiger partial charge in [0.15, 0.2) is 0 Å². The highest BCUT2D eigenvalue weighted by molar-refractivity contribution is 5.99. The molecule has 1 fully saturated rings. The van der Waals surface area contributed by atoms with Gasteiger partial charge in [0.25, 0.3) is 11.8 Å². The van der Waals surface area contributed by atoms with Gasteiger partial charge in [-0.25, -0.2) is 24.3 Å². The Morgan fingerprint density at radius 3 is 2.27 bits per heavy atom. The maximum Gasteiger partial charge on any atom is 0.417 e. The van der Waals surface area contributed by atoms with Crippen molar-refractivity contribution in [3.05, 3.63) is 71.8 Å². The van der Waals surface area contributed by atoms with Crippen LogP contribution in [0, 0.1) is 0 Å². The highest BCUT2D eigenvalue weighted by atomic mass is 16.6. The number of nitrogens with zero attached hydrogens (tertiary/aromatic N) is 3. The van der Waals surface area contributed by atoms with E-state index in [1.807, 2.05) is 36.4 Å². The molecule has 2 aromatic carbocycles. The van der Waals surface area contributed by atoms with Crippen molar-refractivity contribution >= 4 is 36.3 Å².